The Morgan fingerprint density at radius 3 is 2.75 bits per heavy atom. The van der Waals surface area contributed by atoms with Crippen molar-refractivity contribution in [1.82, 2.24) is 5.43 Å². The van der Waals surface area contributed by atoms with Crippen LogP contribution in [0.5, 0.6) is 0 Å². The Hall–Kier alpha value is 0.160. The molecule has 88 valence electrons. The lowest BCUT2D eigenvalue weighted by atomic mass is 9.80. The van der Waals surface area contributed by atoms with Crippen LogP contribution in [0.2, 0.25) is 5.02 Å². The molecule has 0 aliphatic heterocycles. The Morgan fingerprint density at radius 2 is 2.25 bits per heavy atom. The number of nitrogens with two attached hydrogens (primary N) is 1. The molecule has 1 aromatic carbocycles. The third-order valence-corrected chi connectivity index (χ3v) is 4.91. The monoisotopic (exact) mass is 350 g/mol. The van der Waals surface area contributed by atoms with Crippen LogP contribution in [-0.2, 0) is 0 Å². The largest absolute Gasteiger partial charge is 0.271 e. The van der Waals surface area contributed by atoms with E-state index in [1.807, 2.05) is 12.1 Å². The number of nitrogens with one attached hydrogen (secondary N) is 1. The molecule has 0 spiro atoms. The topological polar surface area (TPSA) is 38.0 Å². The summed E-state index contributed by atoms with van der Waals surface area (Å²) in [4.78, 5) is 0. The maximum Gasteiger partial charge on any atom is 0.0542 e. The van der Waals surface area contributed by atoms with E-state index >= 15 is 0 Å². The molecule has 1 saturated carbocycles. The molecular formula is C12H16ClIN2. The first kappa shape index (κ1) is 12.6. The van der Waals surface area contributed by atoms with E-state index in [1.54, 1.807) is 0 Å². The van der Waals surface area contributed by atoms with E-state index in [9.17, 15) is 0 Å². The summed E-state index contributed by atoms with van der Waals surface area (Å²) in [6.07, 6.45) is 5.18. The van der Waals surface area contributed by atoms with Crippen LogP contribution in [0.4, 0.5) is 0 Å². The highest BCUT2D eigenvalue weighted by Gasteiger charge is 2.22. The molecule has 2 rings (SSSR count). The summed E-state index contributed by atoms with van der Waals surface area (Å²) in [7, 11) is 0. The maximum absolute atomic E-state index is 6.12. The number of hydrogen-bond acceptors (Lipinski definition) is 2. The maximum atomic E-state index is 6.12. The van der Waals surface area contributed by atoms with Crippen LogP contribution in [0, 0.1) is 9.49 Å². The van der Waals surface area contributed by atoms with Crippen LogP contribution >= 0.6 is 34.2 Å². The van der Waals surface area contributed by atoms with Gasteiger partial charge in [0.15, 0.2) is 0 Å². The fourth-order valence-electron chi connectivity index (χ4n) is 2.09. The van der Waals surface area contributed by atoms with Crippen LogP contribution in [0.25, 0.3) is 0 Å². The normalized spacial score (nSPS) is 18.2. The fraction of sp³-hybridized carbons (Fsp3) is 0.500. The summed E-state index contributed by atoms with van der Waals surface area (Å²) >= 11 is 8.36. The van der Waals surface area contributed by atoms with Gasteiger partial charge in [-0.1, -0.05) is 36.9 Å². The van der Waals surface area contributed by atoms with Gasteiger partial charge in [0.25, 0.3) is 0 Å². The first-order chi connectivity index (χ1) is 7.70. The Labute approximate surface area is 115 Å². The first-order valence-electron chi connectivity index (χ1n) is 5.62. The lowest BCUT2D eigenvalue weighted by Crippen LogP contribution is -2.31. The first-order valence-corrected chi connectivity index (χ1v) is 7.07. The van der Waals surface area contributed by atoms with Crippen molar-refractivity contribution in [2.24, 2.45) is 11.8 Å². The zero-order chi connectivity index (χ0) is 11.5. The van der Waals surface area contributed by atoms with Gasteiger partial charge in [0.1, 0.15) is 0 Å². The molecule has 3 N–H and O–H groups in total. The predicted octanol–water partition coefficient (Wildman–Crippen LogP) is 3.64. The number of rotatable bonds is 4. The molecule has 1 fully saturated rings. The van der Waals surface area contributed by atoms with Gasteiger partial charge in [-0.2, -0.15) is 0 Å². The average Bonchev–Trinajstić information content (AvgIpc) is 2.21. The zero-order valence-corrected chi connectivity index (χ0v) is 12.0. The highest BCUT2D eigenvalue weighted by molar-refractivity contribution is 14.1. The molecule has 1 aliphatic rings. The van der Waals surface area contributed by atoms with Gasteiger partial charge in [0, 0.05) is 9.61 Å². The van der Waals surface area contributed by atoms with Crippen molar-refractivity contribution >= 4 is 34.2 Å². The van der Waals surface area contributed by atoms with Gasteiger partial charge in [-0.05, 0) is 52.6 Å². The molecule has 0 aromatic heterocycles. The number of benzene rings is 1. The third-order valence-electron chi connectivity index (χ3n) is 3.34. The van der Waals surface area contributed by atoms with Crippen LogP contribution in [0.1, 0.15) is 37.3 Å². The van der Waals surface area contributed by atoms with Crippen molar-refractivity contribution in [2.75, 3.05) is 0 Å². The van der Waals surface area contributed by atoms with Crippen LogP contribution in [0.3, 0.4) is 0 Å². The molecule has 1 aromatic rings. The molecule has 1 aliphatic carbocycles. The van der Waals surface area contributed by atoms with Crippen molar-refractivity contribution in [2.45, 2.75) is 31.7 Å². The summed E-state index contributed by atoms with van der Waals surface area (Å²) in [5.74, 6) is 6.46. The van der Waals surface area contributed by atoms with E-state index in [0.717, 1.165) is 20.9 Å². The Bertz CT molecular complexity index is 366. The average molecular weight is 351 g/mol. The van der Waals surface area contributed by atoms with E-state index in [-0.39, 0.29) is 6.04 Å². The van der Waals surface area contributed by atoms with Crippen molar-refractivity contribution in [3.8, 4) is 0 Å². The summed E-state index contributed by atoms with van der Waals surface area (Å²) in [5.41, 5.74) is 4.10. The number of halogens is 2. The second-order valence-electron chi connectivity index (χ2n) is 4.43. The highest BCUT2D eigenvalue weighted by Crippen LogP contribution is 2.35. The Balaban J connectivity index is 2.09. The Kier molecular flexibility index (Phi) is 4.47. The minimum atomic E-state index is 0.236. The molecule has 0 amide bonds. The molecule has 1 unspecified atom stereocenters. The molecule has 0 bridgehead atoms. The van der Waals surface area contributed by atoms with Gasteiger partial charge in [0.2, 0.25) is 0 Å². The smallest absolute Gasteiger partial charge is 0.0542 e. The lowest BCUT2D eigenvalue weighted by molar-refractivity contribution is 0.262. The van der Waals surface area contributed by atoms with Crippen molar-refractivity contribution in [1.29, 1.82) is 0 Å². The van der Waals surface area contributed by atoms with E-state index < -0.39 is 0 Å². The third kappa shape index (κ3) is 2.88. The second kappa shape index (κ2) is 5.67. The highest BCUT2D eigenvalue weighted by atomic mass is 127. The molecule has 0 heterocycles. The molecule has 4 heteroatoms. The summed E-state index contributed by atoms with van der Waals surface area (Å²) < 4.78 is 1.09. The molecule has 1 atom stereocenters. The van der Waals surface area contributed by atoms with Gasteiger partial charge < -0.3 is 0 Å². The summed E-state index contributed by atoms with van der Waals surface area (Å²) in [5, 5.41) is 0.812. The quantitative estimate of drug-likeness (QED) is 0.494. The second-order valence-corrected chi connectivity index (χ2v) is 5.99. The Morgan fingerprint density at radius 1 is 1.50 bits per heavy atom. The molecular weight excluding hydrogens is 335 g/mol. The van der Waals surface area contributed by atoms with Crippen molar-refractivity contribution in [3.63, 3.8) is 0 Å². The van der Waals surface area contributed by atoms with E-state index in [0.29, 0.717) is 0 Å². The van der Waals surface area contributed by atoms with Gasteiger partial charge >= 0.3 is 0 Å². The minimum absolute atomic E-state index is 0.236. The van der Waals surface area contributed by atoms with Gasteiger partial charge in [-0.15, -0.1) is 0 Å². The van der Waals surface area contributed by atoms with Crippen LogP contribution in [-0.4, -0.2) is 0 Å². The van der Waals surface area contributed by atoms with Gasteiger partial charge in [-0.3, -0.25) is 11.3 Å². The SMILES string of the molecule is NNC(CC1CCC1)c1ccc(I)c(Cl)c1. The van der Waals surface area contributed by atoms with E-state index in [2.05, 4.69) is 34.1 Å². The molecule has 0 radical (unpaired) electrons. The predicted molar refractivity (Wildman–Crippen MR) is 76.2 cm³/mol. The summed E-state index contributed by atoms with van der Waals surface area (Å²) in [6.45, 7) is 0. The summed E-state index contributed by atoms with van der Waals surface area (Å²) in [6, 6.07) is 6.41. The lowest BCUT2D eigenvalue weighted by Gasteiger charge is -2.29. The van der Waals surface area contributed by atoms with Crippen LogP contribution < -0.4 is 11.3 Å². The van der Waals surface area contributed by atoms with E-state index in [1.165, 1.54) is 24.8 Å². The number of hydrazine groups is 1. The van der Waals surface area contributed by atoms with Crippen LogP contribution in [0.15, 0.2) is 18.2 Å². The van der Waals surface area contributed by atoms with E-state index in [4.69, 9.17) is 17.4 Å². The van der Waals surface area contributed by atoms with Crippen molar-refractivity contribution < 1.29 is 0 Å². The minimum Gasteiger partial charge on any atom is -0.271 e. The van der Waals surface area contributed by atoms with Crippen molar-refractivity contribution in [3.05, 3.63) is 32.4 Å². The van der Waals surface area contributed by atoms with Gasteiger partial charge in [-0.25, -0.2) is 0 Å². The standard InChI is InChI=1S/C12H16ClIN2/c13-10-7-9(4-5-11(10)14)12(16-15)6-8-2-1-3-8/h4-5,7-8,12,16H,1-3,6,15H2. The van der Waals surface area contributed by atoms with Gasteiger partial charge in [0.05, 0.1) is 5.02 Å². The molecule has 2 nitrogen and oxygen atoms in total. The fourth-order valence-corrected chi connectivity index (χ4v) is 2.62. The molecule has 0 saturated heterocycles. The number of hydrogen-bond donors (Lipinski definition) is 2. The molecule has 16 heavy (non-hydrogen) atoms. The zero-order valence-electron chi connectivity index (χ0n) is 9.05.